The van der Waals surface area contributed by atoms with Crippen molar-refractivity contribution in [3.05, 3.63) is 44.8 Å². The molecule has 102 valence electrons. The molecule has 19 heavy (non-hydrogen) atoms. The summed E-state index contributed by atoms with van der Waals surface area (Å²) in [4.78, 5) is 15.9. The van der Waals surface area contributed by atoms with Gasteiger partial charge in [0.05, 0.1) is 6.54 Å². The van der Waals surface area contributed by atoms with Crippen LogP contribution >= 0.6 is 22.7 Å². The van der Waals surface area contributed by atoms with Gasteiger partial charge in [0.2, 0.25) is 0 Å². The van der Waals surface area contributed by atoms with E-state index in [1.807, 2.05) is 22.4 Å². The van der Waals surface area contributed by atoms with Crippen LogP contribution in [0.2, 0.25) is 0 Å². The number of thiophene rings is 2. The monoisotopic (exact) mass is 296 g/mol. The van der Waals surface area contributed by atoms with Crippen LogP contribution in [0.5, 0.6) is 0 Å². The summed E-state index contributed by atoms with van der Waals surface area (Å²) in [5, 5.41) is 12.7. The highest BCUT2D eigenvalue weighted by Gasteiger charge is 2.11. The third kappa shape index (κ3) is 4.76. The van der Waals surface area contributed by atoms with Gasteiger partial charge in [-0.1, -0.05) is 12.1 Å². The van der Waals surface area contributed by atoms with Crippen LogP contribution in [0.25, 0.3) is 0 Å². The van der Waals surface area contributed by atoms with Crippen LogP contribution in [-0.2, 0) is 17.8 Å². The predicted molar refractivity (Wildman–Crippen MR) is 77.5 cm³/mol. The lowest BCUT2D eigenvalue weighted by molar-refractivity contribution is -0.130. The zero-order chi connectivity index (χ0) is 13.5. The molecule has 2 N–H and O–H groups in total. The Labute approximate surface area is 120 Å². The molecule has 0 aromatic carbocycles. The Bertz CT molecular complexity index is 483. The maximum atomic E-state index is 11.3. The van der Waals surface area contributed by atoms with E-state index in [2.05, 4.69) is 17.5 Å². The normalized spacial score (nSPS) is 10.8. The molecule has 0 bridgehead atoms. The summed E-state index contributed by atoms with van der Waals surface area (Å²) in [6, 6.07) is 8.19. The van der Waals surface area contributed by atoms with Crippen molar-refractivity contribution in [1.29, 1.82) is 0 Å². The lowest BCUT2D eigenvalue weighted by Crippen LogP contribution is -2.36. The van der Waals surface area contributed by atoms with Crippen molar-refractivity contribution < 1.29 is 10.0 Å². The van der Waals surface area contributed by atoms with Crippen molar-refractivity contribution in [3.8, 4) is 0 Å². The lowest BCUT2D eigenvalue weighted by atomic mass is 10.3. The first-order valence-corrected chi connectivity index (χ1v) is 7.74. The van der Waals surface area contributed by atoms with Gasteiger partial charge in [-0.3, -0.25) is 14.9 Å². The van der Waals surface area contributed by atoms with E-state index < -0.39 is 0 Å². The van der Waals surface area contributed by atoms with E-state index in [0.717, 1.165) is 19.5 Å². The number of hydrogen-bond acceptors (Lipinski definition) is 5. The van der Waals surface area contributed by atoms with Crippen LogP contribution in [0.4, 0.5) is 0 Å². The molecule has 2 aromatic heterocycles. The van der Waals surface area contributed by atoms with Crippen molar-refractivity contribution in [3.63, 3.8) is 0 Å². The van der Waals surface area contributed by atoms with Crippen LogP contribution in [0.3, 0.4) is 0 Å². The summed E-state index contributed by atoms with van der Waals surface area (Å²) in [5.74, 6) is -0.372. The van der Waals surface area contributed by atoms with Gasteiger partial charge >= 0.3 is 0 Å². The number of rotatable bonds is 7. The molecule has 2 heterocycles. The maximum absolute atomic E-state index is 11.3. The van der Waals surface area contributed by atoms with Crippen molar-refractivity contribution in [2.75, 3.05) is 13.1 Å². The highest BCUT2D eigenvalue weighted by atomic mass is 32.1. The van der Waals surface area contributed by atoms with E-state index in [0.29, 0.717) is 0 Å². The van der Waals surface area contributed by atoms with Gasteiger partial charge in [0.15, 0.2) is 0 Å². The Hall–Kier alpha value is -1.21. The molecule has 0 aliphatic carbocycles. The van der Waals surface area contributed by atoms with Crippen LogP contribution in [-0.4, -0.2) is 29.1 Å². The fraction of sp³-hybridized carbons (Fsp3) is 0.308. The van der Waals surface area contributed by atoms with E-state index in [9.17, 15) is 4.79 Å². The first-order chi connectivity index (χ1) is 9.28. The van der Waals surface area contributed by atoms with Gasteiger partial charge in [0.1, 0.15) is 0 Å². The third-order valence-corrected chi connectivity index (χ3v) is 4.50. The summed E-state index contributed by atoms with van der Waals surface area (Å²) in [6.07, 6.45) is 0.918. The van der Waals surface area contributed by atoms with E-state index in [1.165, 1.54) is 9.75 Å². The average molecular weight is 296 g/mol. The minimum absolute atomic E-state index is 0.208. The summed E-state index contributed by atoms with van der Waals surface area (Å²) in [7, 11) is 0. The Kier molecular flexibility index (Phi) is 5.53. The van der Waals surface area contributed by atoms with Crippen LogP contribution in [0.1, 0.15) is 9.75 Å². The number of amides is 1. The summed E-state index contributed by atoms with van der Waals surface area (Å²) < 4.78 is 0. The van der Waals surface area contributed by atoms with E-state index in [1.54, 1.807) is 28.2 Å². The molecule has 0 atom stereocenters. The highest BCUT2D eigenvalue weighted by molar-refractivity contribution is 7.10. The van der Waals surface area contributed by atoms with Gasteiger partial charge in [-0.15, -0.1) is 22.7 Å². The van der Waals surface area contributed by atoms with Gasteiger partial charge in [-0.2, -0.15) is 0 Å². The van der Waals surface area contributed by atoms with E-state index >= 15 is 0 Å². The molecule has 0 saturated heterocycles. The second-order valence-corrected chi connectivity index (χ2v) is 6.22. The molecule has 0 unspecified atom stereocenters. The number of hydrogen-bond donors (Lipinski definition) is 2. The van der Waals surface area contributed by atoms with E-state index in [4.69, 9.17) is 5.21 Å². The van der Waals surface area contributed by atoms with Gasteiger partial charge in [-0.05, 0) is 29.3 Å². The van der Waals surface area contributed by atoms with Gasteiger partial charge in [-0.25, -0.2) is 5.48 Å². The molecule has 4 nitrogen and oxygen atoms in total. The third-order valence-electron chi connectivity index (χ3n) is 2.71. The minimum Gasteiger partial charge on any atom is -0.289 e. The largest absolute Gasteiger partial charge is 0.289 e. The Morgan fingerprint density at radius 2 is 1.89 bits per heavy atom. The van der Waals surface area contributed by atoms with E-state index in [-0.39, 0.29) is 12.5 Å². The Balaban J connectivity index is 1.91. The molecule has 0 spiro atoms. The smallest absolute Gasteiger partial charge is 0.257 e. The topological polar surface area (TPSA) is 52.6 Å². The molecule has 2 rings (SSSR count). The molecule has 1 amide bonds. The zero-order valence-electron chi connectivity index (χ0n) is 10.4. The fourth-order valence-corrected chi connectivity index (χ4v) is 3.24. The van der Waals surface area contributed by atoms with Crippen molar-refractivity contribution in [1.82, 2.24) is 10.4 Å². The molecule has 0 radical (unpaired) electrons. The number of nitrogens with one attached hydrogen (secondary N) is 1. The maximum Gasteiger partial charge on any atom is 0.257 e. The molecule has 0 fully saturated rings. The molecule has 6 heteroatoms. The van der Waals surface area contributed by atoms with Gasteiger partial charge in [0, 0.05) is 22.8 Å². The number of hydroxylamine groups is 1. The second-order valence-electron chi connectivity index (χ2n) is 4.15. The number of nitrogens with zero attached hydrogens (tertiary/aromatic N) is 1. The second kappa shape index (κ2) is 7.40. The van der Waals surface area contributed by atoms with Gasteiger partial charge < -0.3 is 0 Å². The Morgan fingerprint density at radius 3 is 2.47 bits per heavy atom. The quantitative estimate of drug-likeness (QED) is 0.609. The number of carbonyl (C=O) groups excluding carboxylic acids is 1. The molecule has 2 aromatic rings. The van der Waals surface area contributed by atoms with Crippen molar-refractivity contribution in [2.45, 2.75) is 13.0 Å². The summed E-state index contributed by atoms with van der Waals surface area (Å²) >= 11 is 3.40. The Morgan fingerprint density at radius 1 is 1.21 bits per heavy atom. The van der Waals surface area contributed by atoms with Gasteiger partial charge in [0.25, 0.3) is 5.91 Å². The summed E-state index contributed by atoms with van der Waals surface area (Å²) in [5.41, 5.74) is 1.69. The first kappa shape index (κ1) is 14.2. The molecule has 0 saturated carbocycles. The average Bonchev–Trinajstić information content (AvgIpc) is 3.08. The molecule has 0 aliphatic heterocycles. The molecular weight excluding hydrogens is 280 g/mol. The number of carbonyl (C=O) groups is 1. The van der Waals surface area contributed by atoms with Crippen molar-refractivity contribution >= 4 is 28.6 Å². The first-order valence-electron chi connectivity index (χ1n) is 5.98. The molecular formula is C13H16N2O2S2. The van der Waals surface area contributed by atoms with Crippen molar-refractivity contribution in [2.24, 2.45) is 0 Å². The van der Waals surface area contributed by atoms with Crippen LogP contribution in [0, 0.1) is 0 Å². The minimum atomic E-state index is -0.372. The molecule has 0 aliphatic rings. The SMILES string of the molecule is O=C(CN(CCc1cccs1)Cc1cccs1)NO. The summed E-state index contributed by atoms with van der Waals surface area (Å²) in [6.45, 7) is 1.74. The standard InChI is InChI=1S/C13H16N2O2S2/c16-13(14-17)10-15(9-12-4-2-8-19-12)6-5-11-3-1-7-18-11/h1-4,7-8,17H,5-6,9-10H2,(H,14,16). The van der Waals surface area contributed by atoms with Crippen LogP contribution < -0.4 is 5.48 Å². The predicted octanol–water partition coefficient (Wildman–Crippen LogP) is 2.36. The fourth-order valence-electron chi connectivity index (χ4n) is 1.80. The highest BCUT2D eigenvalue weighted by Crippen LogP contribution is 2.14. The lowest BCUT2D eigenvalue weighted by Gasteiger charge is -2.20. The van der Waals surface area contributed by atoms with Crippen LogP contribution in [0.15, 0.2) is 35.0 Å². The zero-order valence-corrected chi connectivity index (χ0v) is 12.0.